The minimum Gasteiger partial charge on any atom is -0.493 e. The van der Waals surface area contributed by atoms with E-state index in [9.17, 15) is 4.79 Å². The highest BCUT2D eigenvalue weighted by atomic mass is 16.5. The molecule has 0 atom stereocenters. The number of para-hydroxylation sites is 1. The number of urea groups is 1. The van der Waals surface area contributed by atoms with Crippen LogP contribution in [0, 0.1) is 0 Å². The molecular formula is C14H22N2O4. The van der Waals surface area contributed by atoms with E-state index in [1.165, 1.54) is 0 Å². The Kier molecular flexibility index (Phi) is 7.10. The molecule has 112 valence electrons. The third-order valence-electron chi connectivity index (χ3n) is 2.55. The molecule has 0 fully saturated rings. The van der Waals surface area contributed by atoms with Gasteiger partial charge < -0.3 is 24.8 Å². The molecule has 0 aliphatic carbocycles. The number of ether oxygens (including phenoxy) is 3. The molecular weight excluding hydrogens is 260 g/mol. The predicted octanol–water partition coefficient (Wildman–Crippen LogP) is 1.79. The molecule has 20 heavy (non-hydrogen) atoms. The van der Waals surface area contributed by atoms with Crippen LogP contribution in [0.4, 0.5) is 4.79 Å². The molecule has 1 aromatic carbocycles. The van der Waals surface area contributed by atoms with Crippen molar-refractivity contribution in [3.8, 4) is 17.2 Å². The molecule has 2 N–H and O–H groups in total. The monoisotopic (exact) mass is 282 g/mol. The lowest BCUT2D eigenvalue weighted by Crippen LogP contribution is -2.37. The summed E-state index contributed by atoms with van der Waals surface area (Å²) in [5.74, 6) is 1.74. The van der Waals surface area contributed by atoms with E-state index in [-0.39, 0.29) is 6.03 Å². The first kappa shape index (κ1) is 15.9. The highest BCUT2D eigenvalue weighted by Crippen LogP contribution is 2.36. The fourth-order valence-electron chi connectivity index (χ4n) is 1.60. The van der Waals surface area contributed by atoms with Crippen LogP contribution in [-0.4, -0.2) is 39.9 Å². The van der Waals surface area contributed by atoms with Gasteiger partial charge in [-0.15, -0.1) is 0 Å². The van der Waals surface area contributed by atoms with Crippen molar-refractivity contribution in [3.05, 3.63) is 18.2 Å². The Morgan fingerprint density at radius 1 is 1.10 bits per heavy atom. The summed E-state index contributed by atoms with van der Waals surface area (Å²) in [7, 11) is 3.13. The number of nitrogens with one attached hydrogen (secondary N) is 2. The Hall–Kier alpha value is -2.11. The fourth-order valence-corrected chi connectivity index (χ4v) is 1.60. The predicted molar refractivity (Wildman–Crippen MR) is 76.7 cm³/mol. The molecule has 0 saturated carbocycles. The van der Waals surface area contributed by atoms with E-state index in [2.05, 4.69) is 10.6 Å². The van der Waals surface area contributed by atoms with E-state index in [0.29, 0.717) is 36.9 Å². The quantitative estimate of drug-likeness (QED) is 0.713. The summed E-state index contributed by atoms with van der Waals surface area (Å²) < 4.78 is 16.0. The first-order valence-corrected chi connectivity index (χ1v) is 6.58. The average molecular weight is 282 g/mol. The standard InChI is InChI=1S/C14H22N2O4/c1-4-8-15-14(17)16-9-10-20-12-7-5-6-11(18-2)13(12)19-3/h5-7H,4,8-10H2,1-3H3,(H2,15,16,17). The van der Waals surface area contributed by atoms with Crippen molar-refractivity contribution in [2.45, 2.75) is 13.3 Å². The van der Waals surface area contributed by atoms with E-state index < -0.39 is 0 Å². The number of methoxy groups -OCH3 is 2. The van der Waals surface area contributed by atoms with Crippen molar-refractivity contribution in [2.75, 3.05) is 33.9 Å². The summed E-state index contributed by atoms with van der Waals surface area (Å²) in [5, 5.41) is 5.43. The second-order valence-electron chi connectivity index (χ2n) is 4.02. The zero-order valence-electron chi connectivity index (χ0n) is 12.2. The van der Waals surface area contributed by atoms with Gasteiger partial charge in [-0.1, -0.05) is 13.0 Å². The molecule has 0 aromatic heterocycles. The number of benzene rings is 1. The number of carbonyl (C=O) groups is 1. The maximum Gasteiger partial charge on any atom is 0.314 e. The summed E-state index contributed by atoms with van der Waals surface area (Å²) in [6.07, 6.45) is 0.908. The van der Waals surface area contributed by atoms with Gasteiger partial charge in [0.1, 0.15) is 6.61 Å². The largest absolute Gasteiger partial charge is 0.493 e. The van der Waals surface area contributed by atoms with Gasteiger partial charge in [-0.2, -0.15) is 0 Å². The first-order valence-electron chi connectivity index (χ1n) is 6.58. The van der Waals surface area contributed by atoms with Gasteiger partial charge in [0, 0.05) is 6.54 Å². The van der Waals surface area contributed by atoms with Crippen LogP contribution in [0.25, 0.3) is 0 Å². The van der Waals surface area contributed by atoms with E-state index in [1.807, 2.05) is 13.0 Å². The molecule has 0 radical (unpaired) electrons. The smallest absolute Gasteiger partial charge is 0.314 e. The molecule has 0 bridgehead atoms. The summed E-state index contributed by atoms with van der Waals surface area (Å²) >= 11 is 0. The molecule has 0 heterocycles. The van der Waals surface area contributed by atoms with Crippen molar-refractivity contribution < 1.29 is 19.0 Å². The highest BCUT2D eigenvalue weighted by molar-refractivity contribution is 5.73. The third-order valence-corrected chi connectivity index (χ3v) is 2.55. The maximum absolute atomic E-state index is 11.3. The average Bonchev–Trinajstić information content (AvgIpc) is 2.48. The molecule has 0 spiro atoms. The zero-order chi connectivity index (χ0) is 14.8. The van der Waals surface area contributed by atoms with E-state index >= 15 is 0 Å². The Balaban J connectivity index is 2.40. The topological polar surface area (TPSA) is 68.8 Å². The van der Waals surface area contributed by atoms with E-state index in [0.717, 1.165) is 6.42 Å². The van der Waals surface area contributed by atoms with Crippen molar-refractivity contribution >= 4 is 6.03 Å². The second kappa shape index (κ2) is 8.90. The molecule has 0 saturated heterocycles. The molecule has 2 amide bonds. The normalized spacial score (nSPS) is 9.75. The maximum atomic E-state index is 11.3. The minimum absolute atomic E-state index is 0.187. The SMILES string of the molecule is CCCNC(=O)NCCOc1cccc(OC)c1OC. The van der Waals surface area contributed by atoms with Crippen LogP contribution in [-0.2, 0) is 0 Å². The van der Waals surface area contributed by atoms with Crippen molar-refractivity contribution in [2.24, 2.45) is 0 Å². The van der Waals surface area contributed by atoms with Crippen LogP contribution >= 0.6 is 0 Å². The van der Waals surface area contributed by atoms with Crippen LogP contribution in [0.1, 0.15) is 13.3 Å². The van der Waals surface area contributed by atoms with Gasteiger partial charge in [0.05, 0.1) is 20.8 Å². The van der Waals surface area contributed by atoms with Crippen LogP contribution in [0.2, 0.25) is 0 Å². The van der Waals surface area contributed by atoms with Gasteiger partial charge in [0.15, 0.2) is 11.5 Å². The lowest BCUT2D eigenvalue weighted by Gasteiger charge is -2.13. The first-order chi connectivity index (χ1) is 9.72. The Labute approximate surface area is 119 Å². The van der Waals surface area contributed by atoms with Crippen molar-refractivity contribution in [1.29, 1.82) is 0 Å². The number of carbonyl (C=O) groups excluding carboxylic acids is 1. The van der Waals surface area contributed by atoms with E-state index in [4.69, 9.17) is 14.2 Å². The molecule has 1 rings (SSSR count). The molecule has 0 aliphatic heterocycles. The zero-order valence-corrected chi connectivity index (χ0v) is 12.2. The highest BCUT2D eigenvalue weighted by Gasteiger charge is 2.10. The number of hydrogen-bond donors (Lipinski definition) is 2. The lowest BCUT2D eigenvalue weighted by atomic mass is 10.3. The summed E-state index contributed by atoms with van der Waals surface area (Å²) in [4.78, 5) is 11.3. The fraction of sp³-hybridized carbons (Fsp3) is 0.500. The number of rotatable bonds is 8. The number of amides is 2. The van der Waals surface area contributed by atoms with Crippen LogP contribution < -0.4 is 24.8 Å². The Morgan fingerprint density at radius 2 is 1.80 bits per heavy atom. The lowest BCUT2D eigenvalue weighted by molar-refractivity contribution is 0.235. The van der Waals surface area contributed by atoms with Gasteiger partial charge >= 0.3 is 6.03 Å². The van der Waals surface area contributed by atoms with Gasteiger partial charge in [0.25, 0.3) is 0 Å². The van der Waals surface area contributed by atoms with Crippen LogP contribution in [0.3, 0.4) is 0 Å². The van der Waals surface area contributed by atoms with Crippen molar-refractivity contribution in [1.82, 2.24) is 10.6 Å². The van der Waals surface area contributed by atoms with Gasteiger partial charge in [-0.25, -0.2) is 4.79 Å². The molecule has 0 aliphatic rings. The summed E-state index contributed by atoms with van der Waals surface area (Å²) in [6, 6.07) is 5.21. The Morgan fingerprint density at radius 3 is 2.45 bits per heavy atom. The molecule has 6 nitrogen and oxygen atoms in total. The van der Waals surface area contributed by atoms with Crippen LogP contribution in [0.5, 0.6) is 17.2 Å². The summed E-state index contributed by atoms with van der Waals surface area (Å²) in [6.45, 7) is 3.42. The number of hydrogen-bond acceptors (Lipinski definition) is 4. The second-order valence-corrected chi connectivity index (χ2v) is 4.02. The van der Waals surface area contributed by atoms with Crippen LogP contribution in [0.15, 0.2) is 18.2 Å². The molecule has 0 unspecified atom stereocenters. The van der Waals surface area contributed by atoms with Gasteiger partial charge in [0.2, 0.25) is 5.75 Å². The molecule has 1 aromatic rings. The van der Waals surface area contributed by atoms with E-state index in [1.54, 1.807) is 26.4 Å². The minimum atomic E-state index is -0.187. The Bertz CT molecular complexity index is 424. The van der Waals surface area contributed by atoms with Gasteiger partial charge in [-0.05, 0) is 18.6 Å². The van der Waals surface area contributed by atoms with Crippen molar-refractivity contribution in [3.63, 3.8) is 0 Å². The summed E-state index contributed by atoms with van der Waals surface area (Å²) in [5.41, 5.74) is 0. The van der Waals surface area contributed by atoms with Gasteiger partial charge in [-0.3, -0.25) is 0 Å². The molecule has 6 heteroatoms. The third kappa shape index (κ3) is 4.87.